The molecule has 0 saturated carbocycles. The molecule has 3 heterocycles. The van der Waals surface area contributed by atoms with E-state index in [2.05, 4.69) is 5.10 Å². The van der Waals surface area contributed by atoms with Gasteiger partial charge < -0.3 is 14.7 Å². The number of para-hydroxylation sites is 2. The first-order valence-electron chi connectivity index (χ1n) is 11.1. The van der Waals surface area contributed by atoms with Gasteiger partial charge in [0.25, 0.3) is 5.91 Å². The largest absolute Gasteiger partial charge is 0.366 e. The maximum Gasteiger partial charge on any atom is 0.275 e. The lowest BCUT2D eigenvalue weighted by Crippen LogP contribution is -2.49. The van der Waals surface area contributed by atoms with Crippen LogP contribution in [0.5, 0.6) is 0 Å². The van der Waals surface area contributed by atoms with Crippen molar-refractivity contribution in [1.82, 2.24) is 19.6 Å². The number of hydrogen-bond donors (Lipinski definition) is 0. The van der Waals surface area contributed by atoms with Gasteiger partial charge in [0.05, 0.1) is 11.2 Å². The number of likely N-dealkylation sites (tertiary alicyclic amines) is 1. The molecule has 0 bridgehead atoms. The van der Waals surface area contributed by atoms with Gasteiger partial charge in [0.1, 0.15) is 12.4 Å². The van der Waals surface area contributed by atoms with Crippen LogP contribution in [0.25, 0.3) is 10.9 Å². The molecule has 2 fully saturated rings. The minimum absolute atomic E-state index is 0.0494. The molecule has 3 aromatic rings. The lowest BCUT2D eigenvalue weighted by Gasteiger charge is -2.36. The predicted octanol–water partition coefficient (Wildman–Crippen LogP) is 2.76. The maximum absolute atomic E-state index is 14.1. The number of piperazine rings is 1. The lowest BCUT2D eigenvalue weighted by atomic mass is 10.2. The van der Waals surface area contributed by atoms with Gasteiger partial charge in [-0.1, -0.05) is 30.3 Å². The van der Waals surface area contributed by atoms with Crippen molar-refractivity contribution < 1.29 is 14.0 Å². The van der Waals surface area contributed by atoms with Crippen molar-refractivity contribution in [3.05, 3.63) is 60.0 Å². The van der Waals surface area contributed by atoms with Gasteiger partial charge in [-0.3, -0.25) is 14.3 Å². The Bertz CT molecular complexity index is 1150. The minimum atomic E-state index is -0.245. The lowest BCUT2D eigenvalue weighted by molar-refractivity contribution is -0.132. The minimum Gasteiger partial charge on any atom is -0.366 e. The van der Waals surface area contributed by atoms with E-state index in [1.807, 2.05) is 40.1 Å². The third-order valence-electron chi connectivity index (χ3n) is 6.36. The average molecular weight is 436 g/mol. The predicted molar refractivity (Wildman–Crippen MR) is 120 cm³/mol. The molecule has 0 unspecified atom stereocenters. The highest BCUT2D eigenvalue weighted by Gasteiger charge is 2.27. The van der Waals surface area contributed by atoms with E-state index in [1.54, 1.807) is 21.7 Å². The summed E-state index contributed by atoms with van der Waals surface area (Å²) in [5, 5.41) is 5.34. The summed E-state index contributed by atoms with van der Waals surface area (Å²) in [4.78, 5) is 31.6. The smallest absolute Gasteiger partial charge is 0.275 e. The van der Waals surface area contributed by atoms with Crippen LogP contribution in [0.15, 0.2) is 48.5 Å². The van der Waals surface area contributed by atoms with Crippen molar-refractivity contribution in [1.29, 1.82) is 0 Å². The topological polar surface area (TPSA) is 61.7 Å². The maximum atomic E-state index is 14.1. The summed E-state index contributed by atoms with van der Waals surface area (Å²) in [6.45, 7) is 3.78. The van der Waals surface area contributed by atoms with Gasteiger partial charge in [-0.15, -0.1) is 0 Å². The standard InChI is InChI=1S/C24H26FN5O2/c25-19-8-2-4-10-21(19)27-13-15-28(16-14-27)22(31)17-30-20-9-3-1-7-18(20)23(26-30)24(32)29-11-5-6-12-29/h1-4,7-10H,5-6,11-17H2. The van der Waals surface area contributed by atoms with Gasteiger partial charge in [0.2, 0.25) is 5.91 Å². The molecule has 5 rings (SSSR count). The average Bonchev–Trinajstić information content (AvgIpc) is 3.48. The summed E-state index contributed by atoms with van der Waals surface area (Å²) in [6.07, 6.45) is 2.03. The normalized spacial score (nSPS) is 16.7. The number of fused-ring (bicyclic) bond motifs is 1. The number of carbonyl (C=O) groups is 2. The molecular weight excluding hydrogens is 409 g/mol. The van der Waals surface area contributed by atoms with Gasteiger partial charge in [0, 0.05) is 44.7 Å². The van der Waals surface area contributed by atoms with Gasteiger partial charge in [0.15, 0.2) is 5.69 Å². The number of carbonyl (C=O) groups excluding carboxylic acids is 2. The highest BCUT2D eigenvalue weighted by molar-refractivity contribution is 6.05. The summed E-state index contributed by atoms with van der Waals surface area (Å²) in [5.41, 5.74) is 1.77. The first-order valence-corrected chi connectivity index (χ1v) is 11.1. The molecule has 0 radical (unpaired) electrons. The molecule has 0 N–H and O–H groups in total. The Morgan fingerprint density at radius 2 is 1.53 bits per heavy atom. The molecule has 0 spiro atoms. The number of nitrogens with zero attached hydrogens (tertiary/aromatic N) is 5. The van der Waals surface area contributed by atoms with Crippen LogP contribution >= 0.6 is 0 Å². The van der Waals surface area contributed by atoms with Crippen LogP contribution < -0.4 is 4.90 Å². The molecule has 2 aliphatic rings. The Kier molecular flexibility index (Phi) is 5.51. The second-order valence-electron chi connectivity index (χ2n) is 8.34. The fourth-order valence-corrected chi connectivity index (χ4v) is 4.61. The van der Waals surface area contributed by atoms with E-state index in [4.69, 9.17) is 0 Å². The van der Waals surface area contributed by atoms with Crippen LogP contribution in [0.4, 0.5) is 10.1 Å². The van der Waals surface area contributed by atoms with Gasteiger partial charge in [-0.25, -0.2) is 4.39 Å². The number of rotatable bonds is 4. The first kappa shape index (κ1) is 20.5. The van der Waals surface area contributed by atoms with Gasteiger partial charge in [-0.2, -0.15) is 5.10 Å². The highest BCUT2D eigenvalue weighted by Crippen LogP contribution is 2.23. The second kappa shape index (κ2) is 8.61. The molecule has 0 aliphatic carbocycles. The van der Waals surface area contributed by atoms with E-state index in [9.17, 15) is 14.0 Å². The van der Waals surface area contributed by atoms with E-state index in [0.717, 1.165) is 36.8 Å². The Morgan fingerprint density at radius 1 is 0.844 bits per heavy atom. The van der Waals surface area contributed by atoms with Crippen LogP contribution in [0.3, 0.4) is 0 Å². The molecule has 7 nitrogen and oxygen atoms in total. The number of aromatic nitrogens is 2. The molecule has 0 atom stereocenters. The number of amides is 2. The molecular formula is C24H26FN5O2. The zero-order valence-electron chi connectivity index (χ0n) is 17.9. The Balaban J connectivity index is 1.30. The van der Waals surface area contributed by atoms with E-state index in [1.165, 1.54) is 6.07 Å². The molecule has 2 saturated heterocycles. The summed E-state index contributed by atoms with van der Waals surface area (Å²) >= 11 is 0. The number of benzene rings is 2. The zero-order chi connectivity index (χ0) is 22.1. The summed E-state index contributed by atoms with van der Waals surface area (Å²) in [7, 11) is 0. The third-order valence-corrected chi connectivity index (χ3v) is 6.36. The Morgan fingerprint density at radius 3 is 2.28 bits per heavy atom. The molecule has 2 aromatic carbocycles. The number of halogens is 1. The SMILES string of the molecule is O=C(Cn1nc(C(=O)N2CCCC2)c2ccccc21)N1CCN(c2ccccc2F)CC1. The second-order valence-corrected chi connectivity index (χ2v) is 8.34. The van der Waals surface area contributed by atoms with Crippen molar-refractivity contribution in [2.75, 3.05) is 44.2 Å². The van der Waals surface area contributed by atoms with Gasteiger partial charge in [-0.05, 0) is 31.0 Å². The summed E-state index contributed by atoms with van der Waals surface area (Å²) in [6, 6.07) is 14.3. The van der Waals surface area contributed by atoms with Crippen molar-refractivity contribution in [3.63, 3.8) is 0 Å². The summed E-state index contributed by atoms with van der Waals surface area (Å²) in [5.74, 6) is -0.361. The van der Waals surface area contributed by atoms with Gasteiger partial charge >= 0.3 is 0 Å². The van der Waals surface area contributed by atoms with Crippen LogP contribution in [0, 0.1) is 5.82 Å². The monoisotopic (exact) mass is 435 g/mol. The number of hydrogen-bond acceptors (Lipinski definition) is 4. The first-order chi connectivity index (χ1) is 15.6. The van der Waals surface area contributed by atoms with Crippen LogP contribution in [-0.4, -0.2) is 70.7 Å². The van der Waals surface area contributed by atoms with Crippen molar-refractivity contribution in [2.45, 2.75) is 19.4 Å². The molecule has 8 heteroatoms. The zero-order valence-corrected chi connectivity index (χ0v) is 17.9. The molecule has 32 heavy (non-hydrogen) atoms. The fourth-order valence-electron chi connectivity index (χ4n) is 4.61. The number of anilines is 1. The molecule has 2 aliphatic heterocycles. The van der Waals surface area contributed by atoms with E-state index in [-0.39, 0.29) is 24.2 Å². The van der Waals surface area contributed by atoms with E-state index in [0.29, 0.717) is 37.6 Å². The highest BCUT2D eigenvalue weighted by atomic mass is 19.1. The van der Waals surface area contributed by atoms with E-state index >= 15 is 0 Å². The van der Waals surface area contributed by atoms with E-state index < -0.39 is 0 Å². The Labute approximate surface area is 186 Å². The molecule has 2 amide bonds. The summed E-state index contributed by atoms with van der Waals surface area (Å²) < 4.78 is 15.7. The third kappa shape index (κ3) is 3.81. The molecule has 1 aromatic heterocycles. The van der Waals surface area contributed by atoms with Crippen LogP contribution in [-0.2, 0) is 11.3 Å². The fraction of sp³-hybridized carbons (Fsp3) is 0.375. The van der Waals surface area contributed by atoms with Crippen molar-refractivity contribution in [3.8, 4) is 0 Å². The van der Waals surface area contributed by atoms with Crippen LogP contribution in [0.1, 0.15) is 23.3 Å². The quantitative estimate of drug-likeness (QED) is 0.632. The van der Waals surface area contributed by atoms with Crippen LogP contribution in [0.2, 0.25) is 0 Å². The Hall–Kier alpha value is -3.42. The van der Waals surface area contributed by atoms with Crippen molar-refractivity contribution >= 4 is 28.4 Å². The molecule has 166 valence electrons. The van der Waals surface area contributed by atoms with Crippen molar-refractivity contribution in [2.24, 2.45) is 0 Å².